The number of ether oxygens (including phenoxy) is 1. The van der Waals surface area contributed by atoms with E-state index < -0.39 is 0 Å². The molecule has 0 aliphatic heterocycles. The van der Waals surface area contributed by atoms with Gasteiger partial charge in [0.2, 0.25) is 0 Å². The molecule has 1 rings (SSSR count). The summed E-state index contributed by atoms with van der Waals surface area (Å²) in [6.45, 7) is 4.91. The van der Waals surface area contributed by atoms with Crippen LogP contribution in [0.5, 0.6) is 5.75 Å². The van der Waals surface area contributed by atoms with Crippen LogP contribution in [0.25, 0.3) is 0 Å². The zero-order valence-corrected chi connectivity index (χ0v) is 10.4. The molecule has 2 heteroatoms. The smallest absolute Gasteiger partial charge is 0.119 e. The van der Waals surface area contributed by atoms with E-state index in [1.54, 1.807) is 0 Å². The first-order valence-electron chi connectivity index (χ1n) is 6.23. The second-order valence-electron chi connectivity index (χ2n) is 4.18. The molecule has 0 fully saturated rings. The predicted molar refractivity (Wildman–Crippen MR) is 68.8 cm³/mol. The van der Waals surface area contributed by atoms with Crippen LogP contribution >= 0.6 is 0 Å². The molecule has 16 heavy (non-hydrogen) atoms. The highest BCUT2D eigenvalue weighted by molar-refractivity contribution is 5.27. The highest BCUT2D eigenvalue weighted by Gasteiger charge is 2.03. The molecule has 0 aliphatic rings. The van der Waals surface area contributed by atoms with Gasteiger partial charge in [0.05, 0.1) is 6.61 Å². The maximum absolute atomic E-state index is 6.06. The second-order valence-corrected chi connectivity index (χ2v) is 4.18. The zero-order valence-electron chi connectivity index (χ0n) is 10.4. The van der Waals surface area contributed by atoms with Gasteiger partial charge in [0.15, 0.2) is 0 Å². The van der Waals surface area contributed by atoms with Gasteiger partial charge in [0.25, 0.3) is 0 Å². The normalized spacial score (nSPS) is 12.4. The first-order chi connectivity index (χ1) is 7.76. The summed E-state index contributed by atoms with van der Waals surface area (Å²) in [7, 11) is 0. The lowest BCUT2D eigenvalue weighted by molar-refractivity contribution is 0.340. The molecule has 0 aliphatic carbocycles. The molecule has 0 spiro atoms. The van der Waals surface area contributed by atoms with Crippen molar-refractivity contribution >= 4 is 0 Å². The topological polar surface area (TPSA) is 35.2 Å². The number of benzene rings is 1. The van der Waals surface area contributed by atoms with Gasteiger partial charge in [-0.2, -0.15) is 0 Å². The van der Waals surface area contributed by atoms with Crippen LogP contribution in [0.4, 0.5) is 0 Å². The van der Waals surface area contributed by atoms with E-state index in [2.05, 4.69) is 19.1 Å². The fourth-order valence-corrected chi connectivity index (χ4v) is 1.76. The van der Waals surface area contributed by atoms with Crippen molar-refractivity contribution in [3.63, 3.8) is 0 Å². The molecular formula is C14H23NO. The van der Waals surface area contributed by atoms with Gasteiger partial charge in [-0.05, 0) is 37.5 Å². The van der Waals surface area contributed by atoms with Gasteiger partial charge < -0.3 is 10.5 Å². The van der Waals surface area contributed by atoms with Crippen LogP contribution in [0.15, 0.2) is 24.3 Å². The summed E-state index contributed by atoms with van der Waals surface area (Å²) < 4.78 is 5.40. The molecule has 1 unspecified atom stereocenters. The van der Waals surface area contributed by atoms with E-state index >= 15 is 0 Å². The molecule has 0 aromatic heterocycles. The van der Waals surface area contributed by atoms with Gasteiger partial charge in [0, 0.05) is 6.04 Å². The Morgan fingerprint density at radius 1 is 1.19 bits per heavy atom. The third-order valence-electron chi connectivity index (χ3n) is 2.66. The minimum atomic E-state index is 0.290. The van der Waals surface area contributed by atoms with Gasteiger partial charge in [-0.25, -0.2) is 0 Å². The quantitative estimate of drug-likeness (QED) is 0.767. The third-order valence-corrected chi connectivity index (χ3v) is 2.66. The fourth-order valence-electron chi connectivity index (χ4n) is 1.76. The van der Waals surface area contributed by atoms with Crippen LogP contribution in [0.2, 0.25) is 0 Å². The average molecular weight is 221 g/mol. The Bertz CT molecular complexity index is 281. The molecule has 0 saturated carbocycles. The van der Waals surface area contributed by atoms with Crippen LogP contribution < -0.4 is 10.5 Å². The van der Waals surface area contributed by atoms with E-state index in [1.165, 1.54) is 18.4 Å². The number of rotatable bonds is 7. The molecule has 1 atom stereocenters. The Hall–Kier alpha value is -1.02. The van der Waals surface area contributed by atoms with Crippen LogP contribution in [-0.2, 0) is 6.42 Å². The Morgan fingerprint density at radius 3 is 2.44 bits per heavy atom. The van der Waals surface area contributed by atoms with Crippen molar-refractivity contribution in [2.24, 2.45) is 5.73 Å². The van der Waals surface area contributed by atoms with Crippen molar-refractivity contribution in [2.45, 2.75) is 45.6 Å². The average Bonchev–Trinajstić information content (AvgIpc) is 2.29. The van der Waals surface area contributed by atoms with E-state index in [0.717, 1.165) is 25.2 Å². The Morgan fingerprint density at radius 2 is 1.88 bits per heavy atom. The van der Waals surface area contributed by atoms with E-state index in [1.807, 2.05) is 19.1 Å². The summed E-state index contributed by atoms with van der Waals surface area (Å²) in [6, 6.07) is 8.54. The molecule has 0 heterocycles. The molecule has 2 nitrogen and oxygen atoms in total. The highest BCUT2D eigenvalue weighted by atomic mass is 16.5. The van der Waals surface area contributed by atoms with Gasteiger partial charge in [0.1, 0.15) is 5.75 Å². The van der Waals surface area contributed by atoms with E-state index in [0.29, 0.717) is 0 Å². The summed E-state index contributed by atoms with van der Waals surface area (Å²) in [6.07, 6.45) is 4.52. The summed E-state index contributed by atoms with van der Waals surface area (Å²) >= 11 is 0. The molecule has 1 aromatic rings. The third kappa shape index (κ3) is 4.67. The second kappa shape index (κ2) is 7.29. The van der Waals surface area contributed by atoms with Crippen molar-refractivity contribution in [2.75, 3.05) is 6.61 Å². The van der Waals surface area contributed by atoms with Gasteiger partial charge in [-0.15, -0.1) is 0 Å². The minimum Gasteiger partial charge on any atom is -0.494 e. The summed E-state index contributed by atoms with van der Waals surface area (Å²) in [4.78, 5) is 0. The molecule has 0 bridgehead atoms. The van der Waals surface area contributed by atoms with E-state index in [4.69, 9.17) is 10.5 Å². The van der Waals surface area contributed by atoms with Gasteiger partial charge >= 0.3 is 0 Å². The number of nitrogens with two attached hydrogens (primary N) is 1. The first-order valence-corrected chi connectivity index (χ1v) is 6.23. The van der Waals surface area contributed by atoms with Gasteiger partial charge in [-0.3, -0.25) is 0 Å². The Kier molecular flexibility index (Phi) is 5.94. The van der Waals surface area contributed by atoms with Crippen LogP contribution in [0.3, 0.4) is 0 Å². The minimum absolute atomic E-state index is 0.290. The number of hydrogen-bond donors (Lipinski definition) is 1. The summed E-state index contributed by atoms with van der Waals surface area (Å²) in [5.41, 5.74) is 7.36. The van der Waals surface area contributed by atoms with E-state index in [-0.39, 0.29) is 6.04 Å². The predicted octanol–water partition coefficient (Wildman–Crippen LogP) is 3.15. The molecule has 1 aromatic carbocycles. The van der Waals surface area contributed by atoms with Crippen molar-refractivity contribution in [1.29, 1.82) is 0 Å². The Balaban J connectivity index is 2.41. The maximum Gasteiger partial charge on any atom is 0.119 e. The summed E-state index contributed by atoms with van der Waals surface area (Å²) in [5, 5.41) is 0. The Labute approximate surface area is 98.8 Å². The van der Waals surface area contributed by atoms with Gasteiger partial charge in [-0.1, -0.05) is 31.9 Å². The lowest BCUT2D eigenvalue weighted by Crippen LogP contribution is -2.22. The molecular weight excluding hydrogens is 198 g/mol. The number of unbranched alkanes of at least 4 members (excludes halogenated alkanes) is 1. The molecule has 0 amide bonds. The lowest BCUT2D eigenvalue weighted by Gasteiger charge is -2.11. The summed E-state index contributed by atoms with van der Waals surface area (Å²) in [5.74, 6) is 0.938. The monoisotopic (exact) mass is 221 g/mol. The first kappa shape index (κ1) is 13.0. The van der Waals surface area contributed by atoms with Crippen molar-refractivity contribution in [1.82, 2.24) is 0 Å². The van der Waals surface area contributed by atoms with Crippen LogP contribution in [0, 0.1) is 0 Å². The molecule has 90 valence electrons. The highest BCUT2D eigenvalue weighted by Crippen LogP contribution is 2.14. The fraction of sp³-hybridized carbons (Fsp3) is 0.571. The van der Waals surface area contributed by atoms with Crippen LogP contribution in [0.1, 0.15) is 38.7 Å². The molecule has 2 N–H and O–H groups in total. The zero-order chi connectivity index (χ0) is 11.8. The molecule has 0 saturated heterocycles. The van der Waals surface area contributed by atoms with Crippen molar-refractivity contribution in [3.8, 4) is 5.75 Å². The largest absolute Gasteiger partial charge is 0.494 e. The number of hydrogen-bond acceptors (Lipinski definition) is 2. The SMILES string of the molecule is CCCCC(N)Cc1ccc(OCC)cc1. The van der Waals surface area contributed by atoms with Crippen molar-refractivity contribution in [3.05, 3.63) is 29.8 Å². The standard InChI is InChI=1S/C14H23NO/c1-3-5-6-13(15)11-12-7-9-14(10-8-12)16-4-2/h7-10,13H,3-6,11,15H2,1-2H3. The lowest BCUT2D eigenvalue weighted by atomic mass is 10.0. The maximum atomic E-state index is 6.06. The van der Waals surface area contributed by atoms with E-state index in [9.17, 15) is 0 Å². The van der Waals surface area contributed by atoms with Crippen LogP contribution in [-0.4, -0.2) is 12.6 Å². The van der Waals surface area contributed by atoms with Crippen molar-refractivity contribution < 1.29 is 4.74 Å². The molecule has 0 radical (unpaired) electrons.